The van der Waals surface area contributed by atoms with E-state index in [1.165, 1.54) is 18.1 Å². The first-order chi connectivity index (χ1) is 11.1. The fourth-order valence-corrected chi connectivity index (χ4v) is 3.00. The number of aliphatic carboxylic acids is 1. The van der Waals surface area contributed by atoms with Crippen LogP contribution in [0.1, 0.15) is 24.2 Å². The van der Waals surface area contributed by atoms with Gasteiger partial charge < -0.3 is 20.1 Å². The number of carbonyl (C=O) groups excluding carboxylic acids is 2. The van der Waals surface area contributed by atoms with Gasteiger partial charge in [0, 0.05) is 19.8 Å². The summed E-state index contributed by atoms with van der Waals surface area (Å²) >= 11 is 0. The third-order valence-corrected chi connectivity index (χ3v) is 4.48. The molecule has 2 amide bonds. The minimum Gasteiger partial charge on any atom is -0.496 e. The van der Waals surface area contributed by atoms with Crippen LogP contribution in [-0.2, 0) is 9.59 Å². The van der Waals surface area contributed by atoms with Crippen LogP contribution in [0.2, 0.25) is 0 Å². The number of methoxy groups -OCH3 is 1. The van der Waals surface area contributed by atoms with Crippen LogP contribution in [-0.4, -0.2) is 49.0 Å². The second-order valence-corrected chi connectivity index (χ2v) is 6.72. The smallest absolute Gasteiger partial charge is 0.307 e. The van der Waals surface area contributed by atoms with E-state index in [0.29, 0.717) is 17.0 Å². The van der Waals surface area contributed by atoms with Gasteiger partial charge in [0.15, 0.2) is 0 Å². The molecule has 1 aliphatic rings. The number of carboxylic acids is 1. The molecule has 1 fully saturated rings. The summed E-state index contributed by atoms with van der Waals surface area (Å²) in [5, 5.41) is 11.9. The molecule has 0 bridgehead atoms. The van der Waals surface area contributed by atoms with Crippen LogP contribution in [0, 0.1) is 17.3 Å². The van der Waals surface area contributed by atoms with Crippen molar-refractivity contribution in [3.63, 3.8) is 0 Å². The van der Waals surface area contributed by atoms with Crippen LogP contribution in [0.5, 0.6) is 5.75 Å². The molecule has 7 nitrogen and oxygen atoms in total. The monoisotopic (exact) mass is 334 g/mol. The van der Waals surface area contributed by atoms with Crippen LogP contribution in [0.15, 0.2) is 18.2 Å². The SMILES string of the molecule is COc1ccc(NC(=O)C2C(C(=O)O)C2(C)C)cc1C(=O)N(C)C. The predicted molar refractivity (Wildman–Crippen MR) is 88.0 cm³/mol. The fraction of sp³-hybridized carbons (Fsp3) is 0.471. The lowest BCUT2D eigenvalue weighted by atomic mass is 10.1. The van der Waals surface area contributed by atoms with Gasteiger partial charge in [0.05, 0.1) is 24.5 Å². The molecule has 2 atom stereocenters. The van der Waals surface area contributed by atoms with Gasteiger partial charge in [-0.2, -0.15) is 0 Å². The number of hydrogen-bond acceptors (Lipinski definition) is 4. The van der Waals surface area contributed by atoms with Crippen molar-refractivity contribution in [1.29, 1.82) is 0 Å². The highest BCUT2D eigenvalue weighted by atomic mass is 16.5. The molecule has 0 spiro atoms. The molecule has 130 valence electrons. The summed E-state index contributed by atoms with van der Waals surface area (Å²) in [5.74, 6) is -2.47. The van der Waals surface area contributed by atoms with Crippen molar-refractivity contribution in [1.82, 2.24) is 4.90 Å². The Hall–Kier alpha value is -2.57. The van der Waals surface area contributed by atoms with Crippen molar-refractivity contribution in [3.05, 3.63) is 23.8 Å². The predicted octanol–water partition coefficient (Wildman–Crippen LogP) is 1.69. The van der Waals surface area contributed by atoms with Crippen LogP contribution >= 0.6 is 0 Å². The topological polar surface area (TPSA) is 95.9 Å². The first-order valence-corrected chi connectivity index (χ1v) is 7.54. The highest BCUT2D eigenvalue weighted by molar-refractivity contribution is 6.02. The van der Waals surface area contributed by atoms with E-state index in [1.807, 2.05) is 0 Å². The van der Waals surface area contributed by atoms with Gasteiger partial charge in [-0.3, -0.25) is 14.4 Å². The first kappa shape index (κ1) is 17.8. The first-order valence-electron chi connectivity index (χ1n) is 7.54. The maximum Gasteiger partial charge on any atom is 0.307 e. The maximum atomic E-state index is 12.4. The molecule has 1 aromatic rings. The summed E-state index contributed by atoms with van der Waals surface area (Å²) < 4.78 is 5.18. The average molecular weight is 334 g/mol. The normalized spacial score (nSPS) is 20.9. The van der Waals surface area contributed by atoms with Crippen molar-refractivity contribution in [2.45, 2.75) is 13.8 Å². The van der Waals surface area contributed by atoms with Crippen molar-refractivity contribution in [2.24, 2.45) is 17.3 Å². The third-order valence-electron chi connectivity index (χ3n) is 4.48. The second kappa shape index (κ2) is 6.14. The number of nitrogens with zero attached hydrogens (tertiary/aromatic N) is 1. The van der Waals surface area contributed by atoms with Crippen LogP contribution in [0.3, 0.4) is 0 Å². The van der Waals surface area contributed by atoms with Gasteiger partial charge in [0.2, 0.25) is 5.91 Å². The molecule has 2 rings (SSSR count). The number of amides is 2. The standard InChI is InChI=1S/C17H22N2O5/c1-17(2)12(13(17)16(22)23)14(20)18-9-6-7-11(24-5)10(8-9)15(21)19(3)4/h6-8,12-13H,1-5H3,(H,18,20)(H,22,23). The van der Waals surface area contributed by atoms with E-state index in [-0.39, 0.29) is 11.8 Å². The third kappa shape index (κ3) is 3.06. The van der Waals surface area contributed by atoms with E-state index < -0.39 is 23.2 Å². The Morgan fingerprint density at radius 2 is 1.83 bits per heavy atom. The Kier molecular flexibility index (Phi) is 4.55. The van der Waals surface area contributed by atoms with Crippen molar-refractivity contribution in [3.8, 4) is 5.75 Å². The number of nitrogens with one attached hydrogen (secondary N) is 1. The molecule has 1 aliphatic carbocycles. The van der Waals surface area contributed by atoms with E-state index in [2.05, 4.69) is 5.32 Å². The maximum absolute atomic E-state index is 12.4. The van der Waals surface area contributed by atoms with Gasteiger partial charge in [-0.25, -0.2) is 0 Å². The van der Waals surface area contributed by atoms with Gasteiger partial charge in [0.1, 0.15) is 5.75 Å². The molecule has 1 aromatic carbocycles. The zero-order chi connectivity index (χ0) is 18.2. The molecule has 2 unspecified atom stereocenters. The molecule has 0 aliphatic heterocycles. The lowest BCUT2D eigenvalue weighted by Crippen LogP contribution is -2.23. The quantitative estimate of drug-likeness (QED) is 0.854. The van der Waals surface area contributed by atoms with E-state index >= 15 is 0 Å². The van der Waals surface area contributed by atoms with Crippen LogP contribution in [0.4, 0.5) is 5.69 Å². The molecule has 7 heteroatoms. The Morgan fingerprint density at radius 1 is 1.21 bits per heavy atom. The van der Waals surface area contributed by atoms with Crippen molar-refractivity contribution in [2.75, 3.05) is 26.5 Å². The van der Waals surface area contributed by atoms with E-state index in [1.54, 1.807) is 40.1 Å². The number of rotatable bonds is 5. The minimum atomic E-state index is -0.974. The largest absolute Gasteiger partial charge is 0.496 e. The Balaban J connectivity index is 2.22. The highest BCUT2D eigenvalue weighted by Gasteiger charge is 2.65. The van der Waals surface area contributed by atoms with Gasteiger partial charge in [-0.15, -0.1) is 0 Å². The molecule has 0 saturated heterocycles. The molecule has 24 heavy (non-hydrogen) atoms. The van der Waals surface area contributed by atoms with Crippen LogP contribution in [0.25, 0.3) is 0 Å². The number of carbonyl (C=O) groups is 3. The van der Waals surface area contributed by atoms with Crippen LogP contribution < -0.4 is 10.1 Å². The summed E-state index contributed by atoms with van der Waals surface area (Å²) in [5.41, 5.74) is 0.174. The molecular weight excluding hydrogens is 312 g/mol. The summed E-state index contributed by atoms with van der Waals surface area (Å²) in [6.07, 6.45) is 0. The molecule has 0 aromatic heterocycles. The lowest BCUT2D eigenvalue weighted by molar-refractivity contribution is -0.140. The number of hydrogen-bond donors (Lipinski definition) is 2. The highest BCUT2D eigenvalue weighted by Crippen LogP contribution is 2.58. The van der Waals surface area contributed by atoms with Gasteiger partial charge in [-0.1, -0.05) is 13.8 Å². The van der Waals surface area contributed by atoms with Gasteiger partial charge in [-0.05, 0) is 23.6 Å². The summed E-state index contributed by atoms with van der Waals surface area (Å²) in [7, 11) is 4.71. The Bertz CT molecular complexity index is 696. The summed E-state index contributed by atoms with van der Waals surface area (Å²) in [6.45, 7) is 3.51. The number of ether oxygens (including phenoxy) is 1. The van der Waals surface area contributed by atoms with E-state index in [0.717, 1.165) is 0 Å². The summed E-state index contributed by atoms with van der Waals surface area (Å²) in [6, 6.07) is 4.75. The molecule has 1 saturated carbocycles. The molecular formula is C17H22N2O5. The van der Waals surface area contributed by atoms with Crippen molar-refractivity contribution >= 4 is 23.5 Å². The number of anilines is 1. The molecule has 0 radical (unpaired) electrons. The molecule has 2 N–H and O–H groups in total. The Labute approximate surface area is 140 Å². The Morgan fingerprint density at radius 3 is 2.29 bits per heavy atom. The zero-order valence-electron chi connectivity index (χ0n) is 14.4. The number of carboxylic acid groups (broad SMARTS) is 1. The van der Waals surface area contributed by atoms with Gasteiger partial charge in [0.25, 0.3) is 5.91 Å². The van der Waals surface area contributed by atoms with Gasteiger partial charge >= 0.3 is 5.97 Å². The second-order valence-electron chi connectivity index (χ2n) is 6.72. The average Bonchev–Trinajstić information content (AvgIpc) is 3.09. The zero-order valence-corrected chi connectivity index (χ0v) is 14.4. The molecule has 0 heterocycles. The summed E-state index contributed by atoms with van der Waals surface area (Å²) in [4.78, 5) is 37.2. The lowest BCUT2D eigenvalue weighted by Gasteiger charge is -2.15. The minimum absolute atomic E-state index is 0.252. The van der Waals surface area contributed by atoms with Crippen molar-refractivity contribution < 1.29 is 24.2 Å². The van der Waals surface area contributed by atoms with E-state index in [4.69, 9.17) is 4.74 Å². The van der Waals surface area contributed by atoms with E-state index in [9.17, 15) is 19.5 Å². The number of benzene rings is 1. The fourth-order valence-electron chi connectivity index (χ4n) is 3.00.